The van der Waals surface area contributed by atoms with Gasteiger partial charge >= 0.3 is 0 Å². The molecule has 0 bridgehead atoms. The lowest BCUT2D eigenvalue weighted by Crippen LogP contribution is -2.76. The maximum absolute atomic E-state index is 6.41. The van der Waals surface area contributed by atoms with Crippen LogP contribution in [0.4, 0.5) is 0 Å². The highest BCUT2D eigenvalue weighted by atomic mass is 79.9. The van der Waals surface area contributed by atoms with Crippen LogP contribution in [-0.2, 0) is 0 Å². The molecule has 0 radical (unpaired) electrons. The van der Waals surface area contributed by atoms with Crippen LogP contribution in [0.3, 0.4) is 0 Å². The van der Waals surface area contributed by atoms with E-state index in [-0.39, 0.29) is 0 Å². The highest BCUT2D eigenvalue weighted by molar-refractivity contribution is 9.10. The van der Waals surface area contributed by atoms with Gasteiger partial charge in [-0.25, -0.2) is 0 Å². The van der Waals surface area contributed by atoms with Crippen molar-refractivity contribution < 1.29 is 0 Å². The standard InChI is InChI=1S/C24H16BrClSSi/c25-17-10-13-20(14-11-17)28(19-6-2-1-3-7-19)23-9-5-4-8-21(23)27-22-16-18(26)12-15-24(22)28/h1-16H. The Balaban J connectivity index is 1.95. The Kier molecular flexibility index (Phi) is 4.72. The second-order valence-electron chi connectivity index (χ2n) is 6.86. The first-order valence-corrected chi connectivity index (χ1v) is 13.1. The molecule has 28 heavy (non-hydrogen) atoms. The van der Waals surface area contributed by atoms with Gasteiger partial charge in [0.05, 0.1) is 0 Å². The fourth-order valence-corrected chi connectivity index (χ4v) is 11.6. The molecule has 4 aromatic carbocycles. The minimum Gasteiger partial charge on any atom is -0.0902 e. The Morgan fingerprint density at radius 2 is 1.29 bits per heavy atom. The summed E-state index contributed by atoms with van der Waals surface area (Å²) in [4.78, 5) is 2.60. The molecule has 4 aromatic rings. The average Bonchev–Trinajstić information content (AvgIpc) is 2.73. The summed E-state index contributed by atoms with van der Waals surface area (Å²) in [6, 6.07) is 35.2. The van der Waals surface area contributed by atoms with Crippen LogP contribution in [0.5, 0.6) is 0 Å². The van der Waals surface area contributed by atoms with Gasteiger partial charge in [-0.15, -0.1) is 0 Å². The Labute approximate surface area is 183 Å². The van der Waals surface area contributed by atoms with E-state index in [1.807, 2.05) is 17.8 Å². The highest BCUT2D eigenvalue weighted by Gasteiger charge is 2.46. The van der Waals surface area contributed by atoms with Crippen LogP contribution in [0.1, 0.15) is 0 Å². The first kappa shape index (κ1) is 18.3. The summed E-state index contributed by atoms with van der Waals surface area (Å²) < 4.78 is 1.10. The van der Waals surface area contributed by atoms with E-state index in [1.54, 1.807) is 0 Å². The number of fused-ring (bicyclic) bond motifs is 2. The lowest BCUT2D eigenvalue weighted by Gasteiger charge is -2.39. The van der Waals surface area contributed by atoms with Gasteiger partial charge in [-0.1, -0.05) is 106 Å². The third kappa shape index (κ3) is 2.81. The summed E-state index contributed by atoms with van der Waals surface area (Å²) in [6.45, 7) is 0. The Bertz CT molecular complexity index is 1160. The lowest BCUT2D eigenvalue weighted by molar-refractivity contribution is 1.42. The van der Waals surface area contributed by atoms with Crippen LogP contribution >= 0.6 is 39.3 Å². The van der Waals surface area contributed by atoms with Gasteiger partial charge in [0.2, 0.25) is 0 Å². The number of hydrogen-bond acceptors (Lipinski definition) is 1. The normalized spacial score (nSPS) is 17.6. The van der Waals surface area contributed by atoms with Crippen LogP contribution in [0, 0.1) is 0 Å². The van der Waals surface area contributed by atoms with Crippen LogP contribution in [0.2, 0.25) is 5.02 Å². The largest absolute Gasteiger partial charge is 0.181 e. The maximum atomic E-state index is 6.41. The molecule has 4 heteroatoms. The lowest BCUT2D eigenvalue weighted by atomic mass is 10.3. The van der Waals surface area contributed by atoms with Crippen molar-refractivity contribution in [2.75, 3.05) is 0 Å². The zero-order valence-corrected chi connectivity index (χ0v) is 19.1. The van der Waals surface area contributed by atoms with E-state index in [0.717, 1.165) is 9.50 Å². The van der Waals surface area contributed by atoms with Crippen LogP contribution in [-0.4, -0.2) is 8.07 Å². The Morgan fingerprint density at radius 3 is 2.07 bits per heavy atom. The molecule has 0 N–H and O–H groups in total. The quantitative estimate of drug-likeness (QED) is 0.323. The molecule has 0 nitrogen and oxygen atoms in total. The van der Waals surface area contributed by atoms with Crippen molar-refractivity contribution in [1.82, 2.24) is 0 Å². The van der Waals surface area contributed by atoms with Gasteiger partial charge < -0.3 is 0 Å². The molecule has 1 aliphatic rings. The number of benzene rings is 4. The van der Waals surface area contributed by atoms with Crippen molar-refractivity contribution in [2.24, 2.45) is 0 Å². The van der Waals surface area contributed by atoms with E-state index in [9.17, 15) is 0 Å². The highest BCUT2D eigenvalue weighted by Crippen LogP contribution is 2.34. The molecule has 0 fully saturated rings. The molecule has 0 saturated heterocycles. The molecular weight excluding hydrogens is 464 g/mol. The van der Waals surface area contributed by atoms with Crippen molar-refractivity contribution >= 4 is 68.1 Å². The van der Waals surface area contributed by atoms with Crippen molar-refractivity contribution in [2.45, 2.75) is 9.79 Å². The Hall–Kier alpha value is -1.78. The molecule has 0 spiro atoms. The van der Waals surface area contributed by atoms with Gasteiger partial charge in [0, 0.05) is 19.3 Å². The van der Waals surface area contributed by atoms with Crippen molar-refractivity contribution in [3.8, 4) is 0 Å². The molecule has 1 aliphatic heterocycles. The van der Waals surface area contributed by atoms with Crippen molar-refractivity contribution in [1.29, 1.82) is 0 Å². The van der Waals surface area contributed by atoms with E-state index in [2.05, 4.69) is 107 Å². The second kappa shape index (κ2) is 7.23. The van der Waals surface area contributed by atoms with Gasteiger partial charge in [0.25, 0.3) is 0 Å². The molecule has 136 valence electrons. The minimum atomic E-state index is -2.42. The molecule has 0 amide bonds. The molecule has 0 aliphatic carbocycles. The summed E-state index contributed by atoms with van der Waals surface area (Å²) >= 11 is 11.8. The number of hydrogen-bond donors (Lipinski definition) is 0. The third-order valence-electron chi connectivity index (χ3n) is 5.34. The van der Waals surface area contributed by atoms with Crippen LogP contribution in [0.25, 0.3) is 0 Å². The predicted molar refractivity (Wildman–Crippen MR) is 127 cm³/mol. The first-order valence-electron chi connectivity index (χ1n) is 9.08. The summed E-state index contributed by atoms with van der Waals surface area (Å²) in [5.41, 5.74) is 0. The summed E-state index contributed by atoms with van der Waals surface area (Å²) in [5.74, 6) is 0. The first-order chi connectivity index (χ1) is 13.7. The van der Waals surface area contributed by atoms with Crippen LogP contribution in [0.15, 0.2) is 111 Å². The van der Waals surface area contributed by atoms with Crippen LogP contribution < -0.4 is 20.7 Å². The van der Waals surface area contributed by atoms with E-state index in [4.69, 9.17) is 11.6 Å². The molecule has 5 rings (SSSR count). The van der Waals surface area contributed by atoms with E-state index in [0.29, 0.717) is 0 Å². The summed E-state index contributed by atoms with van der Waals surface area (Å²) in [7, 11) is -2.42. The van der Waals surface area contributed by atoms with Crippen molar-refractivity contribution in [3.05, 3.63) is 107 Å². The predicted octanol–water partition coefficient (Wildman–Crippen LogP) is 4.94. The molecule has 1 unspecified atom stereocenters. The fourth-order valence-electron chi connectivity index (χ4n) is 4.20. The van der Waals surface area contributed by atoms with Gasteiger partial charge in [-0.3, -0.25) is 0 Å². The topological polar surface area (TPSA) is 0 Å². The maximum Gasteiger partial charge on any atom is 0.181 e. The smallest absolute Gasteiger partial charge is 0.0902 e. The fraction of sp³-hybridized carbons (Fsp3) is 0. The van der Waals surface area contributed by atoms with Gasteiger partial charge in [-0.2, -0.15) is 0 Å². The van der Waals surface area contributed by atoms with E-state index >= 15 is 0 Å². The van der Waals surface area contributed by atoms with Gasteiger partial charge in [0.1, 0.15) is 0 Å². The number of rotatable bonds is 2. The molecule has 0 saturated carbocycles. The van der Waals surface area contributed by atoms with Gasteiger partial charge in [0.15, 0.2) is 8.07 Å². The SMILES string of the molecule is Clc1ccc2c(c1)Sc1ccccc1[Si]2(c1ccccc1)c1ccc(Br)cc1. The monoisotopic (exact) mass is 478 g/mol. The second-order valence-corrected chi connectivity index (χ2v) is 13.0. The molecule has 1 heterocycles. The molecule has 1 atom stereocenters. The zero-order valence-electron chi connectivity index (χ0n) is 14.9. The Morgan fingerprint density at radius 1 is 0.643 bits per heavy atom. The average molecular weight is 480 g/mol. The zero-order chi connectivity index (χ0) is 19.1. The van der Waals surface area contributed by atoms with Crippen molar-refractivity contribution in [3.63, 3.8) is 0 Å². The van der Waals surface area contributed by atoms with Gasteiger partial charge in [-0.05, 0) is 51.1 Å². The third-order valence-corrected chi connectivity index (χ3v) is 12.5. The summed E-state index contributed by atoms with van der Waals surface area (Å²) in [6.07, 6.45) is 0. The summed E-state index contributed by atoms with van der Waals surface area (Å²) in [5, 5.41) is 6.43. The molecule has 0 aromatic heterocycles. The number of halogens is 2. The van der Waals surface area contributed by atoms with E-state index in [1.165, 1.54) is 30.5 Å². The minimum absolute atomic E-state index is 0.789. The van der Waals surface area contributed by atoms with E-state index < -0.39 is 8.07 Å². The molecular formula is C24H16BrClSSi.